The first kappa shape index (κ1) is 30.3. The van der Waals surface area contributed by atoms with Crippen LogP contribution in [-0.2, 0) is 26.2 Å². The maximum Gasteiger partial charge on any atom is 0.264 e. The molecule has 4 rings (SSSR count). The topological polar surface area (TPSA) is 86.8 Å². The number of amides is 2. The Kier molecular flexibility index (Phi) is 10.2. The second-order valence-corrected chi connectivity index (χ2v) is 12.9. The second-order valence-electron chi connectivity index (χ2n) is 11.0. The zero-order chi connectivity index (χ0) is 29.4. The number of hydrogen-bond acceptors (Lipinski definition) is 4. The molecule has 2 amide bonds. The Balaban J connectivity index is 1.70. The molecule has 1 saturated carbocycles. The highest BCUT2D eigenvalue weighted by Gasteiger charge is 2.34. The third kappa shape index (κ3) is 7.55. The number of rotatable bonds is 12. The molecule has 0 saturated heterocycles. The van der Waals surface area contributed by atoms with E-state index in [2.05, 4.69) is 19.2 Å². The van der Waals surface area contributed by atoms with Gasteiger partial charge in [0.15, 0.2) is 0 Å². The minimum atomic E-state index is -4.07. The molecule has 0 spiro atoms. The van der Waals surface area contributed by atoms with Gasteiger partial charge in [0, 0.05) is 12.6 Å². The van der Waals surface area contributed by atoms with E-state index < -0.39 is 28.5 Å². The average Bonchev–Trinajstić information content (AvgIpc) is 3.49. The van der Waals surface area contributed by atoms with Crippen LogP contribution in [0.1, 0.15) is 69.9 Å². The van der Waals surface area contributed by atoms with E-state index in [0.717, 1.165) is 41.1 Å². The van der Waals surface area contributed by atoms with Crippen molar-refractivity contribution in [3.63, 3.8) is 0 Å². The van der Waals surface area contributed by atoms with Crippen molar-refractivity contribution < 1.29 is 18.0 Å². The molecule has 0 aromatic heterocycles. The molecule has 218 valence electrons. The number of anilines is 1. The molecule has 3 aromatic rings. The number of sulfonamides is 1. The summed E-state index contributed by atoms with van der Waals surface area (Å²) < 4.78 is 29.1. The highest BCUT2D eigenvalue weighted by molar-refractivity contribution is 7.92. The lowest BCUT2D eigenvalue weighted by Crippen LogP contribution is -2.53. The van der Waals surface area contributed by atoms with E-state index >= 15 is 0 Å². The Labute approximate surface area is 244 Å². The molecule has 0 unspecified atom stereocenters. The summed E-state index contributed by atoms with van der Waals surface area (Å²) in [5, 5.41) is 3.14. The highest BCUT2D eigenvalue weighted by atomic mass is 32.2. The van der Waals surface area contributed by atoms with Gasteiger partial charge in [-0.1, -0.05) is 94.3 Å². The number of nitrogens with zero attached hydrogens (tertiary/aromatic N) is 2. The van der Waals surface area contributed by atoms with E-state index in [9.17, 15) is 18.0 Å². The molecule has 0 aliphatic heterocycles. The average molecular weight is 576 g/mol. The van der Waals surface area contributed by atoms with Gasteiger partial charge in [-0.25, -0.2) is 8.42 Å². The summed E-state index contributed by atoms with van der Waals surface area (Å²) in [6.45, 7) is 5.79. The molecule has 1 atom stereocenters. The standard InChI is InChI=1S/C33H41N3O4S/c1-4-31(33(38)34-28-15-11-12-16-28)35(23-26-13-7-5-8-14-26)32(37)24-36(29-21-19-27(20-22-29)25(2)3)41(39,40)30-17-9-6-10-18-30/h5-10,13-14,17-22,25,28,31H,4,11-12,15-16,23-24H2,1-3H3,(H,34,38)/t31-/m0/s1. The van der Waals surface area contributed by atoms with Gasteiger partial charge in [-0.3, -0.25) is 13.9 Å². The minimum absolute atomic E-state index is 0.0985. The number of carbonyl (C=O) groups is 2. The molecule has 1 aliphatic carbocycles. The largest absolute Gasteiger partial charge is 0.352 e. The molecule has 8 heteroatoms. The van der Waals surface area contributed by atoms with Crippen LogP contribution in [0.4, 0.5) is 5.69 Å². The SMILES string of the molecule is CC[C@@H](C(=O)NC1CCCC1)N(Cc1ccccc1)C(=O)CN(c1ccc(C(C)C)cc1)S(=O)(=O)c1ccccc1. The molecule has 0 radical (unpaired) electrons. The lowest BCUT2D eigenvalue weighted by atomic mass is 10.0. The summed E-state index contributed by atoms with van der Waals surface area (Å²) in [6.07, 6.45) is 4.44. The molecular formula is C33H41N3O4S. The lowest BCUT2D eigenvalue weighted by Gasteiger charge is -2.33. The number of nitrogens with one attached hydrogen (secondary N) is 1. The van der Waals surface area contributed by atoms with Crippen LogP contribution in [-0.4, -0.2) is 43.8 Å². The first-order valence-electron chi connectivity index (χ1n) is 14.5. The monoisotopic (exact) mass is 575 g/mol. The molecule has 3 aromatic carbocycles. The van der Waals surface area contributed by atoms with Crippen LogP contribution in [0.2, 0.25) is 0 Å². The Hall–Kier alpha value is -3.65. The van der Waals surface area contributed by atoms with Crippen molar-refractivity contribution in [1.29, 1.82) is 0 Å². The maximum absolute atomic E-state index is 14.2. The van der Waals surface area contributed by atoms with E-state index in [0.29, 0.717) is 12.1 Å². The molecule has 7 nitrogen and oxygen atoms in total. The predicted molar refractivity (Wildman–Crippen MR) is 163 cm³/mol. The molecule has 1 N–H and O–H groups in total. The van der Waals surface area contributed by atoms with E-state index in [1.54, 1.807) is 30.3 Å². The van der Waals surface area contributed by atoms with Crippen molar-refractivity contribution in [2.45, 2.75) is 82.3 Å². The molecule has 1 aliphatic rings. The summed E-state index contributed by atoms with van der Waals surface area (Å²) in [4.78, 5) is 29.3. The number of hydrogen-bond donors (Lipinski definition) is 1. The van der Waals surface area contributed by atoms with Crippen molar-refractivity contribution in [1.82, 2.24) is 10.2 Å². The van der Waals surface area contributed by atoms with E-state index in [1.807, 2.05) is 49.4 Å². The van der Waals surface area contributed by atoms with Crippen LogP contribution >= 0.6 is 0 Å². The van der Waals surface area contributed by atoms with Gasteiger partial charge >= 0.3 is 0 Å². The quantitative estimate of drug-likeness (QED) is 0.293. The fourth-order valence-corrected chi connectivity index (χ4v) is 6.78. The van der Waals surface area contributed by atoms with Crippen molar-refractivity contribution >= 4 is 27.5 Å². The van der Waals surface area contributed by atoms with Gasteiger partial charge in [-0.2, -0.15) is 0 Å². The fraction of sp³-hybridized carbons (Fsp3) is 0.394. The van der Waals surface area contributed by atoms with Gasteiger partial charge in [0.05, 0.1) is 10.6 Å². The predicted octanol–water partition coefficient (Wildman–Crippen LogP) is 5.87. The number of carbonyl (C=O) groups excluding carboxylic acids is 2. The minimum Gasteiger partial charge on any atom is -0.352 e. The zero-order valence-corrected chi connectivity index (χ0v) is 25.0. The van der Waals surface area contributed by atoms with Crippen molar-refractivity contribution in [2.24, 2.45) is 0 Å². The molecular weight excluding hydrogens is 534 g/mol. The van der Waals surface area contributed by atoms with Crippen LogP contribution in [0.15, 0.2) is 89.8 Å². The van der Waals surface area contributed by atoms with Crippen molar-refractivity contribution in [3.05, 3.63) is 96.1 Å². The van der Waals surface area contributed by atoms with Crippen LogP contribution < -0.4 is 9.62 Å². The smallest absolute Gasteiger partial charge is 0.264 e. The normalized spacial score (nSPS) is 14.5. The van der Waals surface area contributed by atoms with Gasteiger partial charge in [-0.15, -0.1) is 0 Å². The second kappa shape index (κ2) is 13.8. The first-order chi connectivity index (χ1) is 19.7. The summed E-state index contributed by atoms with van der Waals surface area (Å²) >= 11 is 0. The Morgan fingerprint density at radius 3 is 2.02 bits per heavy atom. The Morgan fingerprint density at radius 2 is 1.46 bits per heavy atom. The molecule has 1 fully saturated rings. The van der Waals surface area contributed by atoms with Crippen LogP contribution in [0.5, 0.6) is 0 Å². The Bertz CT molecular complexity index is 1390. The summed E-state index contributed by atoms with van der Waals surface area (Å²) in [5.74, 6) is -0.355. The fourth-order valence-electron chi connectivity index (χ4n) is 5.34. The maximum atomic E-state index is 14.2. The molecule has 41 heavy (non-hydrogen) atoms. The molecule has 0 bridgehead atoms. The van der Waals surface area contributed by atoms with Crippen molar-refractivity contribution in [2.75, 3.05) is 10.8 Å². The lowest BCUT2D eigenvalue weighted by molar-refractivity contribution is -0.140. The third-order valence-corrected chi connectivity index (χ3v) is 9.53. The number of benzene rings is 3. The van der Waals surface area contributed by atoms with E-state index in [-0.39, 0.29) is 29.3 Å². The van der Waals surface area contributed by atoms with Gasteiger partial charge in [0.1, 0.15) is 12.6 Å². The van der Waals surface area contributed by atoms with Crippen molar-refractivity contribution in [3.8, 4) is 0 Å². The van der Waals surface area contributed by atoms with E-state index in [4.69, 9.17) is 0 Å². The van der Waals surface area contributed by atoms with E-state index in [1.165, 1.54) is 17.0 Å². The zero-order valence-electron chi connectivity index (χ0n) is 24.2. The van der Waals surface area contributed by atoms with Gasteiger partial charge in [0.2, 0.25) is 11.8 Å². The first-order valence-corrected chi connectivity index (χ1v) is 16.0. The summed E-state index contributed by atoms with van der Waals surface area (Å²) in [5.41, 5.74) is 2.33. The summed E-state index contributed by atoms with van der Waals surface area (Å²) in [6, 6.07) is 24.3. The van der Waals surface area contributed by atoms with Crippen LogP contribution in [0.25, 0.3) is 0 Å². The van der Waals surface area contributed by atoms with Gasteiger partial charge in [-0.05, 0) is 60.6 Å². The highest BCUT2D eigenvalue weighted by Crippen LogP contribution is 2.27. The third-order valence-electron chi connectivity index (χ3n) is 7.74. The van der Waals surface area contributed by atoms with Crippen LogP contribution in [0, 0.1) is 0 Å². The van der Waals surface area contributed by atoms with Gasteiger partial charge in [0.25, 0.3) is 10.0 Å². The van der Waals surface area contributed by atoms with Gasteiger partial charge < -0.3 is 10.2 Å². The summed E-state index contributed by atoms with van der Waals surface area (Å²) in [7, 11) is -4.07. The Morgan fingerprint density at radius 1 is 0.878 bits per heavy atom. The van der Waals surface area contributed by atoms with Crippen LogP contribution in [0.3, 0.4) is 0 Å². The molecule has 0 heterocycles.